The summed E-state index contributed by atoms with van der Waals surface area (Å²) in [5.74, 6) is 2.90. The van der Waals surface area contributed by atoms with E-state index >= 15 is 0 Å². The molecule has 0 aliphatic heterocycles. The monoisotopic (exact) mass is 688 g/mol. The third-order valence-electron chi connectivity index (χ3n) is 9.33. The maximum absolute atomic E-state index is 6.14. The first-order chi connectivity index (χ1) is 24.2. The van der Waals surface area contributed by atoms with E-state index in [2.05, 4.69) is 93.6 Å². The molecule has 0 aliphatic carbocycles. The molecule has 3 rings (SSSR count). The molecule has 3 aromatic rings. The number of hydrogen-bond donors (Lipinski definition) is 0. The van der Waals surface area contributed by atoms with Gasteiger partial charge in [0.1, 0.15) is 17.2 Å². The highest BCUT2D eigenvalue weighted by Crippen LogP contribution is 2.34. The average molecular weight is 689 g/mol. The summed E-state index contributed by atoms with van der Waals surface area (Å²) < 4.78 is 18.4. The molecule has 4 heteroatoms. The van der Waals surface area contributed by atoms with Crippen LogP contribution in [0.2, 0.25) is 0 Å². The van der Waals surface area contributed by atoms with E-state index in [1.54, 1.807) is 0 Å². The molecule has 49 heavy (non-hydrogen) atoms. The van der Waals surface area contributed by atoms with Gasteiger partial charge in [0.25, 0.3) is 0 Å². The van der Waals surface area contributed by atoms with Crippen LogP contribution in [0.1, 0.15) is 156 Å². The highest BCUT2D eigenvalue weighted by atomic mass is 31.1. The second kappa shape index (κ2) is 27.2. The molecule has 0 spiro atoms. The second-order valence-electron chi connectivity index (χ2n) is 13.7. The van der Waals surface area contributed by atoms with Crippen LogP contribution < -0.4 is 30.1 Å². The van der Waals surface area contributed by atoms with Gasteiger partial charge < -0.3 is 14.2 Å². The first-order valence-corrected chi connectivity index (χ1v) is 21.6. The summed E-state index contributed by atoms with van der Waals surface area (Å²) in [5, 5.41) is 3.98. The Morgan fingerprint density at radius 1 is 0.306 bits per heavy atom. The first-order valence-electron chi connectivity index (χ1n) is 20.2. The van der Waals surface area contributed by atoms with E-state index < -0.39 is 7.92 Å². The van der Waals surface area contributed by atoms with E-state index in [1.807, 2.05) is 0 Å². The third-order valence-corrected chi connectivity index (χ3v) is 11.8. The van der Waals surface area contributed by atoms with E-state index in [0.29, 0.717) is 0 Å². The molecule has 0 N–H and O–H groups in total. The van der Waals surface area contributed by atoms with Crippen LogP contribution in [-0.2, 0) is 0 Å². The van der Waals surface area contributed by atoms with Crippen LogP contribution in [0.15, 0.2) is 72.8 Å². The average Bonchev–Trinajstić information content (AvgIpc) is 3.13. The highest BCUT2D eigenvalue weighted by Gasteiger charge is 2.17. The number of hydrogen-bond acceptors (Lipinski definition) is 3. The fraction of sp³-hybridized carbons (Fsp3) is 0.600. The molecule has 0 radical (unpaired) electrons. The summed E-state index contributed by atoms with van der Waals surface area (Å²) in [5.41, 5.74) is 0. The van der Waals surface area contributed by atoms with Crippen molar-refractivity contribution in [2.75, 3.05) is 19.8 Å². The van der Waals surface area contributed by atoms with E-state index in [1.165, 1.54) is 131 Å². The van der Waals surface area contributed by atoms with Crippen LogP contribution in [0.4, 0.5) is 0 Å². The van der Waals surface area contributed by atoms with Crippen molar-refractivity contribution in [1.29, 1.82) is 0 Å². The Morgan fingerprint density at radius 3 is 0.776 bits per heavy atom. The van der Waals surface area contributed by atoms with Gasteiger partial charge in [0, 0.05) is 0 Å². The van der Waals surface area contributed by atoms with Gasteiger partial charge in [-0.05, 0) is 79.5 Å². The molecule has 0 fully saturated rings. The van der Waals surface area contributed by atoms with Gasteiger partial charge in [0.2, 0.25) is 0 Å². The van der Waals surface area contributed by atoms with Crippen molar-refractivity contribution in [2.24, 2.45) is 0 Å². The van der Waals surface area contributed by atoms with Gasteiger partial charge in [-0.25, -0.2) is 0 Å². The van der Waals surface area contributed by atoms with Crippen LogP contribution in [0.3, 0.4) is 0 Å². The number of unbranched alkanes of at least 4 members (excludes halogenated alkanes) is 18. The van der Waals surface area contributed by atoms with Gasteiger partial charge in [-0.3, -0.25) is 0 Å². The second-order valence-corrected chi connectivity index (χ2v) is 15.9. The minimum Gasteiger partial charge on any atom is -0.494 e. The van der Waals surface area contributed by atoms with Crippen molar-refractivity contribution in [3.05, 3.63) is 72.8 Å². The highest BCUT2D eigenvalue weighted by molar-refractivity contribution is 7.79. The van der Waals surface area contributed by atoms with E-state index in [4.69, 9.17) is 14.2 Å². The minimum atomic E-state index is -0.729. The molecule has 0 aromatic heterocycles. The first kappa shape index (κ1) is 40.9. The Labute approximate surface area is 302 Å². The van der Waals surface area contributed by atoms with Crippen LogP contribution in [-0.4, -0.2) is 19.8 Å². The topological polar surface area (TPSA) is 27.7 Å². The summed E-state index contributed by atoms with van der Waals surface area (Å²) in [6.07, 6.45) is 27.3. The summed E-state index contributed by atoms with van der Waals surface area (Å²) >= 11 is 0. The lowest BCUT2D eigenvalue weighted by molar-refractivity contribution is 0.304. The van der Waals surface area contributed by atoms with Gasteiger partial charge in [-0.15, -0.1) is 0 Å². The van der Waals surface area contributed by atoms with Gasteiger partial charge in [0.05, 0.1) is 19.8 Å². The molecule has 0 bridgehead atoms. The van der Waals surface area contributed by atoms with Crippen molar-refractivity contribution in [1.82, 2.24) is 0 Å². The molecule has 0 unspecified atom stereocenters. The fourth-order valence-electron chi connectivity index (χ4n) is 6.27. The van der Waals surface area contributed by atoms with Gasteiger partial charge in [-0.1, -0.05) is 173 Å². The molecule has 0 aliphatic rings. The van der Waals surface area contributed by atoms with Crippen LogP contribution in [0, 0.1) is 0 Å². The van der Waals surface area contributed by atoms with Gasteiger partial charge >= 0.3 is 0 Å². The largest absolute Gasteiger partial charge is 0.494 e. The summed E-state index contributed by atoms with van der Waals surface area (Å²) in [6, 6.07) is 26.5. The van der Waals surface area contributed by atoms with Crippen molar-refractivity contribution in [2.45, 2.75) is 156 Å². The fourth-order valence-corrected chi connectivity index (χ4v) is 8.51. The number of ether oxygens (including phenoxy) is 3. The smallest absolute Gasteiger partial charge is 0.119 e. The lowest BCUT2D eigenvalue weighted by atomic mass is 10.1. The molecule has 0 heterocycles. The Balaban J connectivity index is 1.58. The zero-order valence-electron chi connectivity index (χ0n) is 31.6. The molecule has 0 saturated heterocycles. The van der Waals surface area contributed by atoms with Crippen molar-refractivity contribution < 1.29 is 14.2 Å². The molecule has 0 atom stereocenters. The maximum Gasteiger partial charge on any atom is 0.119 e. The van der Waals surface area contributed by atoms with Gasteiger partial charge in [0.15, 0.2) is 0 Å². The molecular weight excluding hydrogens is 619 g/mol. The predicted molar refractivity (Wildman–Crippen MR) is 216 cm³/mol. The maximum atomic E-state index is 6.14. The SMILES string of the molecule is CCCCCCCCCOc1ccc(P(c2ccc(OCCCCCCCCC)cc2)c2ccc(OCCCCCCCCC)cc2)cc1. The quantitative estimate of drug-likeness (QED) is 0.0515. The van der Waals surface area contributed by atoms with Crippen molar-refractivity contribution >= 4 is 23.8 Å². The summed E-state index contributed by atoms with van der Waals surface area (Å²) in [6.45, 7) is 9.20. The lowest BCUT2D eigenvalue weighted by Crippen LogP contribution is -2.20. The normalized spacial score (nSPS) is 11.3. The lowest BCUT2D eigenvalue weighted by Gasteiger charge is -2.20. The standard InChI is InChI=1S/C45H69O3P/c1-4-7-10-13-16-19-22-37-46-40-25-31-43(32-26-40)49(44-33-27-41(28-34-44)47-38-23-20-17-14-11-8-5-2)45-35-29-42(30-36-45)48-39-24-21-18-15-12-9-6-3/h25-36H,4-24,37-39H2,1-3H3. The van der Waals surface area contributed by atoms with Crippen LogP contribution in [0.25, 0.3) is 0 Å². The molecule has 272 valence electrons. The van der Waals surface area contributed by atoms with Crippen molar-refractivity contribution in [3.8, 4) is 17.2 Å². The van der Waals surface area contributed by atoms with Crippen LogP contribution >= 0.6 is 7.92 Å². The molecule has 3 aromatic carbocycles. The number of rotatable bonds is 30. The zero-order chi connectivity index (χ0) is 34.6. The Kier molecular flexibility index (Phi) is 22.7. The Bertz CT molecular complexity index is 1020. The zero-order valence-corrected chi connectivity index (χ0v) is 32.5. The van der Waals surface area contributed by atoms with Crippen LogP contribution in [0.5, 0.6) is 17.2 Å². The van der Waals surface area contributed by atoms with E-state index in [0.717, 1.165) is 56.3 Å². The Hall–Kier alpha value is -2.51. The summed E-state index contributed by atoms with van der Waals surface area (Å²) in [7, 11) is -0.729. The Morgan fingerprint density at radius 2 is 0.531 bits per heavy atom. The molecule has 3 nitrogen and oxygen atoms in total. The molecular formula is C45H69O3P. The van der Waals surface area contributed by atoms with E-state index in [-0.39, 0.29) is 0 Å². The molecule has 0 amide bonds. The van der Waals surface area contributed by atoms with Gasteiger partial charge in [-0.2, -0.15) is 0 Å². The third kappa shape index (κ3) is 17.8. The minimum absolute atomic E-state index is 0.729. The summed E-state index contributed by atoms with van der Waals surface area (Å²) in [4.78, 5) is 0. The predicted octanol–water partition coefficient (Wildman–Crippen LogP) is 12.8. The van der Waals surface area contributed by atoms with Crippen molar-refractivity contribution in [3.63, 3.8) is 0 Å². The van der Waals surface area contributed by atoms with E-state index in [9.17, 15) is 0 Å². The molecule has 0 saturated carbocycles. The number of benzene rings is 3.